The van der Waals surface area contributed by atoms with E-state index in [1.807, 2.05) is 17.1 Å². The summed E-state index contributed by atoms with van der Waals surface area (Å²) in [4.78, 5) is 4.32. The van der Waals surface area contributed by atoms with E-state index in [-0.39, 0.29) is 6.04 Å². The first-order chi connectivity index (χ1) is 8.26. The van der Waals surface area contributed by atoms with E-state index in [2.05, 4.69) is 11.9 Å². The maximum absolute atomic E-state index is 5.88. The van der Waals surface area contributed by atoms with Gasteiger partial charge in [-0.15, -0.1) is 0 Å². The number of imidazole rings is 1. The minimum Gasteiger partial charge on any atom is -0.382 e. The molecule has 17 heavy (non-hydrogen) atoms. The molecule has 0 fully saturated rings. The molecule has 1 aromatic heterocycles. The zero-order valence-corrected chi connectivity index (χ0v) is 10.8. The minimum absolute atomic E-state index is 0.205. The lowest BCUT2D eigenvalue weighted by Gasteiger charge is -2.05. The predicted molar refractivity (Wildman–Crippen MR) is 66.9 cm³/mol. The fourth-order valence-corrected chi connectivity index (χ4v) is 1.46. The molecule has 1 heterocycles. The van der Waals surface area contributed by atoms with E-state index in [0.717, 1.165) is 25.1 Å². The maximum Gasteiger partial charge on any atom is 0.0950 e. The molecule has 1 rings (SSSR count). The Morgan fingerprint density at radius 2 is 2.24 bits per heavy atom. The van der Waals surface area contributed by atoms with Crippen molar-refractivity contribution >= 4 is 0 Å². The summed E-state index contributed by atoms with van der Waals surface area (Å²) < 4.78 is 12.3. The van der Waals surface area contributed by atoms with Crippen LogP contribution < -0.4 is 5.73 Å². The van der Waals surface area contributed by atoms with Gasteiger partial charge in [-0.2, -0.15) is 0 Å². The summed E-state index contributed by atoms with van der Waals surface area (Å²) in [6.07, 6.45) is 5.69. The summed E-state index contributed by atoms with van der Waals surface area (Å²) in [5.41, 5.74) is 6.93. The molecular formula is C12H23N3O2. The van der Waals surface area contributed by atoms with Gasteiger partial charge >= 0.3 is 0 Å². The van der Waals surface area contributed by atoms with Crippen molar-refractivity contribution in [3.8, 4) is 0 Å². The van der Waals surface area contributed by atoms with Crippen molar-refractivity contribution in [2.24, 2.45) is 5.73 Å². The first-order valence-electron chi connectivity index (χ1n) is 6.09. The van der Waals surface area contributed by atoms with Crippen molar-refractivity contribution in [1.82, 2.24) is 9.55 Å². The molecule has 5 nitrogen and oxygen atoms in total. The van der Waals surface area contributed by atoms with Gasteiger partial charge in [0, 0.05) is 32.3 Å². The molecular weight excluding hydrogens is 218 g/mol. The van der Waals surface area contributed by atoms with Gasteiger partial charge in [0.2, 0.25) is 0 Å². The molecule has 0 aliphatic carbocycles. The van der Waals surface area contributed by atoms with Crippen molar-refractivity contribution in [2.75, 3.05) is 26.9 Å². The van der Waals surface area contributed by atoms with E-state index >= 15 is 0 Å². The Hall–Kier alpha value is -0.910. The lowest BCUT2D eigenvalue weighted by molar-refractivity contribution is 0.0666. The van der Waals surface area contributed by atoms with Gasteiger partial charge in [-0.25, -0.2) is 4.98 Å². The van der Waals surface area contributed by atoms with Crippen LogP contribution in [0.3, 0.4) is 0 Å². The molecule has 1 aromatic rings. The quantitative estimate of drug-likeness (QED) is 0.650. The highest BCUT2D eigenvalue weighted by Crippen LogP contribution is 2.01. The average Bonchev–Trinajstić information content (AvgIpc) is 2.76. The van der Waals surface area contributed by atoms with Crippen molar-refractivity contribution in [3.63, 3.8) is 0 Å². The first-order valence-corrected chi connectivity index (χ1v) is 6.09. The Balaban J connectivity index is 2.21. The van der Waals surface area contributed by atoms with Crippen LogP contribution >= 0.6 is 0 Å². The van der Waals surface area contributed by atoms with E-state index in [4.69, 9.17) is 15.2 Å². The van der Waals surface area contributed by atoms with Crippen LogP contribution in [0.5, 0.6) is 0 Å². The van der Waals surface area contributed by atoms with Crippen LogP contribution in [0.1, 0.15) is 19.0 Å². The number of rotatable bonds is 9. The molecule has 2 N–H and O–H groups in total. The molecule has 0 aromatic carbocycles. The molecule has 1 atom stereocenters. The number of hydrogen-bond donors (Lipinski definition) is 1. The molecule has 0 saturated heterocycles. The third-order valence-electron chi connectivity index (χ3n) is 2.61. The van der Waals surface area contributed by atoms with E-state index in [9.17, 15) is 0 Å². The van der Waals surface area contributed by atoms with E-state index in [0.29, 0.717) is 19.8 Å². The Kier molecular flexibility index (Phi) is 6.84. The van der Waals surface area contributed by atoms with Gasteiger partial charge in [0.1, 0.15) is 0 Å². The highest BCUT2D eigenvalue weighted by molar-refractivity contribution is 4.99. The third kappa shape index (κ3) is 5.81. The van der Waals surface area contributed by atoms with Crippen molar-refractivity contribution in [3.05, 3.63) is 18.2 Å². The summed E-state index contributed by atoms with van der Waals surface area (Å²) in [6, 6.07) is 0.205. The van der Waals surface area contributed by atoms with E-state index in [1.54, 1.807) is 7.11 Å². The zero-order valence-electron chi connectivity index (χ0n) is 10.8. The Morgan fingerprint density at radius 3 is 2.94 bits per heavy atom. The molecule has 0 saturated carbocycles. The number of methoxy groups -OCH3 is 1. The molecule has 0 bridgehead atoms. The molecule has 0 aliphatic heterocycles. The second kappa shape index (κ2) is 8.22. The van der Waals surface area contributed by atoms with Gasteiger partial charge in [-0.3, -0.25) is 0 Å². The number of nitrogens with two attached hydrogens (primary N) is 1. The number of ether oxygens (including phenoxy) is 2. The fraction of sp³-hybridized carbons (Fsp3) is 0.750. The Morgan fingerprint density at radius 1 is 1.41 bits per heavy atom. The van der Waals surface area contributed by atoms with Crippen LogP contribution in [0.15, 0.2) is 12.5 Å². The molecule has 0 amide bonds. The molecule has 0 radical (unpaired) electrons. The normalized spacial score (nSPS) is 12.9. The second-order valence-electron chi connectivity index (χ2n) is 4.08. The first kappa shape index (κ1) is 14.2. The van der Waals surface area contributed by atoms with Crippen LogP contribution in [0.25, 0.3) is 0 Å². The lowest BCUT2D eigenvalue weighted by atomic mass is 10.1. The van der Waals surface area contributed by atoms with Crippen LogP contribution in [0, 0.1) is 0 Å². The standard InChI is InChI=1S/C12H23N3O2/c1-3-11(13)8-12-9-15(10-14-12)4-5-17-7-6-16-2/h9-11H,3-8,13H2,1-2H3. The summed E-state index contributed by atoms with van der Waals surface area (Å²) in [6.45, 7) is 4.86. The fourth-order valence-electron chi connectivity index (χ4n) is 1.46. The van der Waals surface area contributed by atoms with Crippen molar-refractivity contribution < 1.29 is 9.47 Å². The van der Waals surface area contributed by atoms with Gasteiger partial charge in [0.05, 0.1) is 31.8 Å². The lowest BCUT2D eigenvalue weighted by Crippen LogP contribution is -2.21. The van der Waals surface area contributed by atoms with E-state index in [1.165, 1.54) is 0 Å². The Bertz CT molecular complexity index is 302. The van der Waals surface area contributed by atoms with Crippen LogP contribution in [0.4, 0.5) is 0 Å². The van der Waals surface area contributed by atoms with Gasteiger partial charge in [0.15, 0.2) is 0 Å². The van der Waals surface area contributed by atoms with E-state index < -0.39 is 0 Å². The van der Waals surface area contributed by atoms with Gasteiger partial charge in [0.25, 0.3) is 0 Å². The smallest absolute Gasteiger partial charge is 0.0950 e. The van der Waals surface area contributed by atoms with Crippen molar-refractivity contribution in [1.29, 1.82) is 0 Å². The molecule has 1 unspecified atom stereocenters. The SMILES string of the molecule is CCC(N)Cc1cn(CCOCCOC)cn1. The largest absolute Gasteiger partial charge is 0.382 e. The predicted octanol–water partition coefficient (Wildman–Crippen LogP) is 0.826. The monoisotopic (exact) mass is 241 g/mol. The van der Waals surface area contributed by atoms with Crippen LogP contribution in [-0.4, -0.2) is 42.5 Å². The van der Waals surface area contributed by atoms with Crippen molar-refractivity contribution in [2.45, 2.75) is 32.4 Å². The number of hydrogen-bond acceptors (Lipinski definition) is 4. The maximum atomic E-state index is 5.88. The molecule has 0 aliphatic rings. The van der Waals surface area contributed by atoms with Crippen LogP contribution in [0.2, 0.25) is 0 Å². The summed E-state index contributed by atoms with van der Waals surface area (Å²) >= 11 is 0. The molecule has 98 valence electrons. The molecule has 0 spiro atoms. The molecule has 5 heteroatoms. The minimum atomic E-state index is 0.205. The summed E-state index contributed by atoms with van der Waals surface area (Å²) in [5.74, 6) is 0. The topological polar surface area (TPSA) is 62.3 Å². The van der Waals surface area contributed by atoms with Crippen LogP contribution in [-0.2, 0) is 22.4 Å². The van der Waals surface area contributed by atoms with Gasteiger partial charge in [-0.05, 0) is 6.42 Å². The highest BCUT2D eigenvalue weighted by Gasteiger charge is 2.04. The second-order valence-corrected chi connectivity index (χ2v) is 4.08. The Labute approximate surface area is 103 Å². The highest BCUT2D eigenvalue weighted by atomic mass is 16.5. The summed E-state index contributed by atoms with van der Waals surface area (Å²) in [5, 5.41) is 0. The average molecular weight is 241 g/mol. The third-order valence-corrected chi connectivity index (χ3v) is 2.61. The van der Waals surface area contributed by atoms with Gasteiger partial charge < -0.3 is 19.8 Å². The zero-order chi connectivity index (χ0) is 12.5. The number of nitrogens with zero attached hydrogens (tertiary/aromatic N) is 2. The number of aromatic nitrogens is 2. The summed E-state index contributed by atoms with van der Waals surface area (Å²) in [7, 11) is 1.67. The van der Waals surface area contributed by atoms with Gasteiger partial charge in [-0.1, -0.05) is 6.92 Å².